The molecule has 6 heteroatoms. The Hall–Kier alpha value is -3.95. The highest BCUT2D eigenvalue weighted by molar-refractivity contribution is 5.94. The van der Waals surface area contributed by atoms with Crippen LogP contribution in [0.1, 0.15) is 53.5 Å². The molecule has 1 fully saturated rings. The lowest BCUT2D eigenvalue weighted by Gasteiger charge is -2.34. The number of allylic oxidation sites excluding steroid dienone is 1. The number of rotatable bonds is 6. The summed E-state index contributed by atoms with van der Waals surface area (Å²) in [4.78, 5) is 18.4. The van der Waals surface area contributed by atoms with Crippen LogP contribution in [-0.2, 0) is 4.74 Å². The molecule has 1 aromatic heterocycles. The van der Waals surface area contributed by atoms with E-state index in [-0.39, 0.29) is 23.8 Å². The van der Waals surface area contributed by atoms with E-state index in [0.29, 0.717) is 30.1 Å². The van der Waals surface area contributed by atoms with Crippen molar-refractivity contribution in [2.24, 2.45) is 11.8 Å². The van der Waals surface area contributed by atoms with E-state index in [4.69, 9.17) is 9.47 Å². The first kappa shape index (κ1) is 27.1. The first-order chi connectivity index (χ1) is 18.2. The predicted octanol–water partition coefficient (Wildman–Crippen LogP) is 6.24. The summed E-state index contributed by atoms with van der Waals surface area (Å²) >= 11 is 0. The van der Waals surface area contributed by atoms with Crippen molar-refractivity contribution in [3.05, 3.63) is 82.7 Å². The molecule has 1 aliphatic heterocycles. The Labute approximate surface area is 225 Å². The number of pyridine rings is 1. The van der Waals surface area contributed by atoms with Crippen molar-refractivity contribution in [3.63, 3.8) is 0 Å². The van der Waals surface area contributed by atoms with Gasteiger partial charge in [0, 0.05) is 37.7 Å². The number of carbonyl (C=O) groups excluding carboxylic acids is 1. The molecule has 0 unspecified atom stereocenters. The molecule has 38 heavy (non-hydrogen) atoms. The Kier molecular flexibility index (Phi) is 8.29. The topological polar surface area (TPSA) is 75.5 Å². The van der Waals surface area contributed by atoms with Gasteiger partial charge in [-0.25, -0.2) is 0 Å². The van der Waals surface area contributed by atoms with Crippen molar-refractivity contribution in [2.75, 3.05) is 27.3 Å². The minimum atomic E-state index is -0.0201. The standard InChI is InChI=1S/C32H35N3O3/c1-20(24-7-9-25(10-8-24)32(36)35(5)6)15-29-23(4)28(13-14-34-29)26-11-12-30(27(16-26)17-33)38-31-21(2)18-37-19-22(31)3/h7-16,21-22,31H,18-19H2,1-6H3/b20-15+/t21-,22-/m1/s1. The van der Waals surface area contributed by atoms with Crippen LogP contribution in [0.4, 0.5) is 0 Å². The van der Waals surface area contributed by atoms with Crippen molar-refractivity contribution in [1.29, 1.82) is 5.26 Å². The summed E-state index contributed by atoms with van der Waals surface area (Å²) in [7, 11) is 3.49. The van der Waals surface area contributed by atoms with Crippen LogP contribution in [0.5, 0.6) is 5.75 Å². The van der Waals surface area contributed by atoms with Crippen molar-refractivity contribution in [3.8, 4) is 22.9 Å². The second-order valence-corrected chi connectivity index (χ2v) is 10.4. The van der Waals surface area contributed by atoms with Crippen LogP contribution in [0.3, 0.4) is 0 Å². The number of nitrogens with zero attached hydrogens (tertiary/aromatic N) is 3. The van der Waals surface area contributed by atoms with Gasteiger partial charge in [0.25, 0.3) is 5.91 Å². The lowest BCUT2D eigenvalue weighted by Crippen LogP contribution is -2.41. The van der Waals surface area contributed by atoms with Crippen molar-refractivity contribution >= 4 is 17.6 Å². The van der Waals surface area contributed by atoms with Crippen LogP contribution in [0.2, 0.25) is 0 Å². The average molecular weight is 510 g/mol. The minimum Gasteiger partial charge on any atom is -0.488 e. The number of benzene rings is 2. The molecule has 0 radical (unpaired) electrons. The first-order valence-corrected chi connectivity index (χ1v) is 12.9. The third-order valence-electron chi connectivity index (χ3n) is 7.15. The molecule has 1 aliphatic rings. The molecule has 0 spiro atoms. The van der Waals surface area contributed by atoms with E-state index in [1.807, 2.05) is 62.4 Å². The molecule has 196 valence electrons. The second kappa shape index (κ2) is 11.6. The summed E-state index contributed by atoms with van der Waals surface area (Å²) in [6.45, 7) is 9.65. The maximum atomic E-state index is 12.2. The number of hydrogen-bond donors (Lipinski definition) is 0. The lowest BCUT2D eigenvalue weighted by molar-refractivity contribution is -0.0551. The van der Waals surface area contributed by atoms with Crippen LogP contribution >= 0.6 is 0 Å². The molecule has 1 amide bonds. The Morgan fingerprint density at radius 1 is 1.08 bits per heavy atom. The molecule has 0 aliphatic carbocycles. The zero-order valence-electron chi connectivity index (χ0n) is 23.0. The number of hydrogen-bond acceptors (Lipinski definition) is 5. The third-order valence-corrected chi connectivity index (χ3v) is 7.15. The highest BCUT2D eigenvalue weighted by Crippen LogP contribution is 2.33. The molecule has 3 aromatic rings. The highest BCUT2D eigenvalue weighted by Gasteiger charge is 2.31. The van der Waals surface area contributed by atoms with E-state index in [1.54, 1.807) is 25.2 Å². The fraction of sp³-hybridized carbons (Fsp3) is 0.344. The Bertz CT molecular complexity index is 1380. The zero-order chi connectivity index (χ0) is 27.4. The maximum Gasteiger partial charge on any atom is 0.253 e. The van der Waals surface area contributed by atoms with Crippen LogP contribution < -0.4 is 4.74 Å². The van der Waals surface area contributed by atoms with Crippen LogP contribution in [0.25, 0.3) is 22.8 Å². The minimum absolute atomic E-state index is 0.0131. The molecule has 2 heterocycles. The number of amides is 1. The quantitative estimate of drug-likeness (QED) is 0.393. The molecule has 0 N–H and O–H groups in total. The van der Waals surface area contributed by atoms with E-state index in [0.717, 1.165) is 33.5 Å². The fourth-order valence-electron chi connectivity index (χ4n) is 4.89. The third kappa shape index (κ3) is 5.79. The van der Waals surface area contributed by atoms with Crippen molar-refractivity contribution in [1.82, 2.24) is 9.88 Å². The van der Waals surface area contributed by atoms with E-state index < -0.39 is 0 Å². The molecule has 2 aromatic carbocycles. The molecule has 1 saturated heterocycles. The van der Waals surface area contributed by atoms with Crippen molar-refractivity contribution < 1.29 is 14.3 Å². The number of carbonyl (C=O) groups is 1. The summed E-state index contributed by atoms with van der Waals surface area (Å²) in [5.74, 6) is 1.11. The average Bonchev–Trinajstić information content (AvgIpc) is 2.91. The van der Waals surface area contributed by atoms with Gasteiger partial charge in [0.15, 0.2) is 0 Å². The lowest BCUT2D eigenvalue weighted by atomic mass is 9.92. The summed E-state index contributed by atoms with van der Waals surface area (Å²) in [5, 5.41) is 9.90. The molecular formula is C32H35N3O3. The number of aromatic nitrogens is 1. The maximum absolute atomic E-state index is 12.2. The van der Waals surface area contributed by atoms with Gasteiger partial charge < -0.3 is 14.4 Å². The molecule has 0 bridgehead atoms. The van der Waals surface area contributed by atoms with E-state index in [2.05, 4.69) is 31.0 Å². The van der Waals surface area contributed by atoms with Gasteiger partial charge in [-0.15, -0.1) is 0 Å². The molecule has 2 atom stereocenters. The van der Waals surface area contributed by atoms with Gasteiger partial charge in [-0.1, -0.05) is 32.0 Å². The van der Waals surface area contributed by atoms with Crippen LogP contribution in [0.15, 0.2) is 54.7 Å². The Morgan fingerprint density at radius 2 is 1.74 bits per heavy atom. The molecular weight excluding hydrogens is 474 g/mol. The highest BCUT2D eigenvalue weighted by atomic mass is 16.5. The normalized spacial score (nSPS) is 18.1. The van der Waals surface area contributed by atoms with Gasteiger partial charge in [0.05, 0.1) is 24.5 Å². The molecule has 4 rings (SSSR count). The summed E-state index contributed by atoms with van der Waals surface area (Å²) in [5.41, 5.74) is 7.09. The fourth-order valence-corrected chi connectivity index (χ4v) is 4.89. The summed E-state index contributed by atoms with van der Waals surface area (Å²) < 4.78 is 12.0. The second-order valence-electron chi connectivity index (χ2n) is 10.4. The molecule has 6 nitrogen and oxygen atoms in total. The molecule has 0 saturated carbocycles. The van der Waals surface area contributed by atoms with E-state index >= 15 is 0 Å². The largest absolute Gasteiger partial charge is 0.488 e. The van der Waals surface area contributed by atoms with Gasteiger partial charge in [-0.2, -0.15) is 5.26 Å². The Balaban J connectivity index is 1.60. The van der Waals surface area contributed by atoms with E-state index in [1.165, 1.54) is 0 Å². The van der Waals surface area contributed by atoms with Crippen molar-refractivity contribution in [2.45, 2.75) is 33.8 Å². The Morgan fingerprint density at radius 3 is 2.37 bits per heavy atom. The van der Waals surface area contributed by atoms with Gasteiger partial charge in [-0.3, -0.25) is 9.78 Å². The van der Waals surface area contributed by atoms with Gasteiger partial charge in [0.1, 0.15) is 17.9 Å². The summed E-state index contributed by atoms with van der Waals surface area (Å²) in [6.07, 6.45) is 3.86. The monoisotopic (exact) mass is 509 g/mol. The predicted molar refractivity (Wildman–Crippen MR) is 151 cm³/mol. The number of ether oxygens (including phenoxy) is 2. The zero-order valence-corrected chi connectivity index (χ0v) is 23.0. The SMILES string of the molecule is C/C(=C\c1nccc(-c2ccc(OC3[C@H](C)COC[C@H]3C)c(C#N)c2)c1C)c1ccc(C(=O)N(C)C)cc1. The first-order valence-electron chi connectivity index (χ1n) is 12.9. The number of nitriles is 1. The van der Waals surface area contributed by atoms with E-state index in [9.17, 15) is 10.1 Å². The smallest absolute Gasteiger partial charge is 0.253 e. The van der Waals surface area contributed by atoms with Gasteiger partial charge >= 0.3 is 0 Å². The summed E-state index contributed by atoms with van der Waals surface area (Å²) in [6, 6.07) is 17.7. The van der Waals surface area contributed by atoms with Gasteiger partial charge in [-0.05, 0) is 78.1 Å². The van der Waals surface area contributed by atoms with Gasteiger partial charge in [0.2, 0.25) is 0 Å². The van der Waals surface area contributed by atoms with Crippen LogP contribution in [-0.4, -0.2) is 49.2 Å². The van der Waals surface area contributed by atoms with Crippen LogP contribution in [0, 0.1) is 30.1 Å².